The Morgan fingerprint density at radius 2 is 1.67 bits per heavy atom. The molecule has 1 nitrogen and oxygen atoms in total. The first-order chi connectivity index (χ1) is 10.2. The molecule has 0 aliphatic heterocycles. The fraction of sp³-hybridized carbons (Fsp3) is 0.400. The Hall–Kier alpha value is -1.60. The van der Waals surface area contributed by atoms with Crippen LogP contribution in [-0.4, -0.2) is 12.6 Å². The number of aryl methyl sites for hydroxylation is 1. The average molecular weight is 279 g/mol. The van der Waals surface area contributed by atoms with Crippen molar-refractivity contribution in [1.82, 2.24) is 5.32 Å². The van der Waals surface area contributed by atoms with Gasteiger partial charge < -0.3 is 5.32 Å². The summed E-state index contributed by atoms with van der Waals surface area (Å²) < 4.78 is 0. The van der Waals surface area contributed by atoms with Crippen LogP contribution in [0.4, 0.5) is 0 Å². The lowest BCUT2D eigenvalue weighted by Gasteiger charge is -2.37. The van der Waals surface area contributed by atoms with E-state index in [1.165, 1.54) is 24.0 Å². The Morgan fingerprint density at radius 1 is 1.00 bits per heavy atom. The zero-order chi connectivity index (χ0) is 14.7. The van der Waals surface area contributed by atoms with E-state index in [1.54, 1.807) is 5.56 Å². The number of rotatable bonds is 5. The molecule has 0 heterocycles. The van der Waals surface area contributed by atoms with Crippen molar-refractivity contribution < 1.29 is 0 Å². The first-order valence-corrected chi connectivity index (χ1v) is 8.08. The molecule has 0 saturated heterocycles. The van der Waals surface area contributed by atoms with E-state index in [0.29, 0.717) is 12.0 Å². The Morgan fingerprint density at radius 3 is 2.38 bits per heavy atom. The molecule has 1 aliphatic rings. The highest BCUT2D eigenvalue weighted by atomic mass is 14.9. The lowest BCUT2D eigenvalue weighted by Crippen LogP contribution is -2.41. The highest BCUT2D eigenvalue weighted by Crippen LogP contribution is 2.38. The summed E-state index contributed by atoms with van der Waals surface area (Å²) in [4.78, 5) is 0. The van der Waals surface area contributed by atoms with Gasteiger partial charge in [-0.1, -0.05) is 61.5 Å². The molecule has 1 saturated carbocycles. The molecule has 1 atom stereocenters. The van der Waals surface area contributed by atoms with Crippen molar-refractivity contribution in [2.24, 2.45) is 0 Å². The van der Waals surface area contributed by atoms with Crippen molar-refractivity contribution in [2.75, 3.05) is 6.54 Å². The van der Waals surface area contributed by atoms with Crippen LogP contribution in [0.3, 0.4) is 0 Å². The molecule has 0 bridgehead atoms. The van der Waals surface area contributed by atoms with E-state index in [0.717, 1.165) is 12.5 Å². The number of benzene rings is 2. The van der Waals surface area contributed by atoms with Crippen LogP contribution in [0.25, 0.3) is 0 Å². The van der Waals surface area contributed by atoms with Gasteiger partial charge in [-0.25, -0.2) is 0 Å². The molecule has 2 aromatic carbocycles. The predicted molar refractivity (Wildman–Crippen MR) is 89.8 cm³/mol. The third-order valence-corrected chi connectivity index (χ3v) is 4.85. The van der Waals surface area contributed by atoms with Gasteiger partial charge in [0.2, 0.25) is 0 Å². The molecule has 1 aliphatic carbocycles. The normalized spacial score (nSPS) is 22.6. The van der Waals surface area contributed by atoms with Gasteiger partial charge in [0.25, 0.3) is 0 Å². The minimum Gasteiger partial charge on any atom is -0.313 e. The summed E-state index contributed by atoms with van der Waals surface area (Å²) in [5.41, 5.74) is 4.42. The van der Waals surface area contributed by atoms with E-state index in [-0.39, 0.29) is 0 Å². The molecule has 2 aromatic rings. The molecule has 0 radical (unpaired) electrons. The second-order valence-corrected chi connectivity index (χ2v) is 6.44. The van der Waals surface area contributed by atoms with E-state index in [2.05, 4.69) is 73.8 Å². The maximum Gasteiger partial charge on any atom is 0.00789 e. The Labute approximate surface area is 128 Å². The van der Waals surface area contributed by atoms with Crippen molar-refractivity contribution >= 4 is 0 Å². The van der Waals surface area contributed by atoms with Gasteiger partial charge in [0.05, 0.1) is 0 Å². The van der Waals surface area contributed by atoms with Gasteiger partial charge in [0.15, 0.2) is 0 Å². The van der Waals surface area contributed by atoms with Crippen molar-refractivity contribution in [1.29, 1.82) is 0 Å². The first kappa shape index (κ1) is 14.3. The minimum absolute atomic E-state index is 0.587. The predicted octanol–water partition coefficient (Wildman–Crippen LogP) is 4.63. The van der Waals surface area contributed by atoms with Gasteiger partial charge in [-0.3, -0.25) is 0 Å². The van der Waals surface area contributed by atoms with Crippen LogP contribution in [0.5, 0.6) is 0 Å². The average Bonchev–Trinajstić information content (AvgIpc) is 2.48. The number of hydrogen-bond donors (Lipinski definition) is 1. The third-order valence-electron chi connectivity index (χ3n) is 4.85. The van der Waals surface area contributed by atoms with Crippen molar-refractivity contribution in [3.63, 3.8) is 0 Å². The maximum atomic E-state index is 3.74. The summed E-state index contributed by atoms with van der Waals surface area (Å²) >= 11 is 0. The van der Waals surface area contributed by atoms with Crippen LogP contribution in [0.15, 0.2) is 54.6 Å². The topological polar surface area (TPSA) is 12.0 Å². The summed E-state index contributed by atoms with van der Waals surface area (Å²) in [6.07, 6.45) is 2.57. The van der Waals surface area contributed by atoms with E-state index in [4.69, 9.17) is 0 Å². The summed E-state index contributed by atoms with van der Waals surface area (Å²) in [6, 6.07) is 20.3. The fourth-order valence-electron chi connectivity index (χ4n) is 3.33. The summed E-state index contributed by atoms with van der Waals surface area (Å²) in [7, 11) is 0. The molecule has 0 amide bonds. The van der Waals surface area contributed by atoms with Crippen LogP contribution in [0.2, 0.25) is 0 Å². The Bertz CT molecular complexity index is 569. The standard InChI is InChI=1S/C20H25N/c1-15-8-6-7-11-20(15)18-12-19(13-18)21-14-16(2)17-9-4-3-5-10-17/h3-11,16,18-19,21H,12-14H2,1-2H3. The van der Waals surface area contributed by atoms with Crippen LogP contribution < -0.4 is 5.32 Å². The monoisotopic (exact) mass is 279 g/mol. The van der Waals surface area contributed by atoms with Gasteiger partial charge in [-0.15, -0.1) is 0 Å². The van der Waals surface area contributed by atoms with Crippen LogP contribution in [0, 0.1) is 6.92 Å². The second-order valence-electron chi connectivity index (χ2n) is 6.44. The van der Waals surface area contributed by atoms with Gasteiger partial charge in [-0.05, 0) is 48.3 Å². The lowest BCUT2D eigenvalue weighted by molar-refractivity contribution is 0.287. The molecular weight excluding hydrogens is 254 g/mol. The third kappa shape index (κ3) is 3.36. The molecule has 0 spiro atoms. The van der Waals surface area contributed by atoms with Crippen molar-refractivity contribution in [3.8, 4) is 0 Å². The van der Waals surface area contributed by atoms with E-state index in [9.17, 15) is 0 Å². The molecule has 1 N–H and O–H groups in total. The van der Waals surface area contributed by atoms with Crippen LogP contribution in [0.1, 0.15) is 48.3 Å². The fourth-order valence-corrected chi connectivity index (χ4v) is 3.33. The molecular formula is C20H25N. The highest BCUT2D eigenvalue weighted by molar-refractivity contribution is 5.31. The van der Waals surface area contributed by atoms with Gasteiger partial charge in [-0.2, -0.15) is 0 Å². The van der Waals surface area contributed by atoms with E-state index in [1.807, 2.05) is 0 Å². The Balaban J connectivity index is 1.46. The zero-order valence-corrected chi connectivity index (χ0v) is 13.0. The maximum absolute atomic E-state index is 3.74. The lowest BCUT2D eigenvalue weighted by atomic mass is 9.74. The van der Waals surface area contributed by atoms with E-state index >= 15 is 0 Å². The van der Waals surface area contributed by atoms with Gasteiger partial charge in [0.1, 0.15) is 0 Å². The smallest absolute Gasteiger partial charge is 0.00789 e. The minimum atomic E-state index is 0.587. The van der Waals surface area contributed by atoms with Gasteiger partial charge in [0, 0.05) is 12.6 Å². The highest BCUT2D eigenvalue weighted by Gasteiger charge is 2.30. The van der Waals surface area contributed by atoms with E-state index < -0.39 is 0 Å². The second kappa shape index (κ2) is 6.44. The van der Waals surface area contributed by atoms with Gasteiger partial charge >= 0.3 is 0 Å². The molecule has 1 fully saturated rings. The molecule has 1 heteroatoms. The molecule has 1 unspecified atom stereocenters. The summed E-state index contributed by atoms with van der Waals surface area (Å²) in [5, 5.41) is 3.74. The molecule has 21 heavy (non-hydrogen) atoms. The summed E-state index contributed by atoms with van der Waals surface area (Å²) in [6.45, 7) is 5.61. The van der Waals surface area contributed by atoms with Crippen LogP contribution >= 0.6 is 0 Å². The molecule has 0 aromatic heterocycles. The van der Waals surface area contributed by atoms with Crippen LogP contribution in [-0.2, 0) is 0 Å². The first-order valence-electron chi connectivity index (χ1n) is 8.08. The number of nitrogens with one attached hydrogen (secondary N) is 1. The quantitative estimate of drug-likeness (QED) is 0.841. The zero-order valence-electron chi connectivity index (χ0n) is 13.0. The Kier molecular flexibility index (Phi) is 4.40. The van der Waals surface area contributed by atoms with Crippen molar-refractivity contribution in [3.05, 3.63) is 71.3 Å². The van der Waals surface area contributed by atoms with Crippen molar-refractivity contribution in [2.45, 2.75) is 44.6 Å². The number of hydrogen-bond acceptors (Lipinski definition) is 1. The SMILES string of the molecule is Cc1ccccc1C1CC(NCC(C)c2ccccc2)C1. The largest absolute Gasteiger partial charge is 0.313 e. The molecule has 3 rings (SSSR count). The summed E-state index contributed by atoms with van der Waals surface area (Å²) in [5.74, 6) is 1.35. The molecule has 110 valence electrons.